The lowest BCUT2D eigenvalue weighted by atomic mass is 10.1. The van der Waals surface area contributed by atoms with E-state index in [0.717, 1.165) is 18.9 Å². The predicted octanol–water partition coefficient (Wildman–Crippen LogP) is 0.959. The van der Waals surface area contributed by atoms with Gasteiger partial charge in [0.1, 0.15) is 6.04 Å². The highest BCUT2D eigenvalue weighted by Gasteiger charge is 2.50. The monoisotopic (exact) mass is 239 g/mol. The number of alkyl halides is 3. The number of carbonyl (C=O) groups is 2. The Labute approximate surface area is 90.3 Å². The van der Waals surface area contributed by atoms with Crippen molar-refractivity contribution in [1.82, 2.24) is 4.90 Å². The molecule has 7 heteroatoms. The summed E-state index contributed by atoms with van der Waals surface area (Å²) in [4.78, 5) is 23.2. The highest BCUT2D eigenvalue weighted by atomic mass is 19.4. The molecule has 2 atom stereocenters. The minimum absolute atomic E-state index is 0.421. The van der Waals surface area contributed by atoms with Crippen molar-refractivity contribution < 1.29 is 27.5 Å². The lowest BCUT2D eigenvalue weighted by Crippen LogP contribution is -2.39. The van der Waals surface area contributed by atoms with Crippen molar-refractivity contribution in [2.45, 2.75) is 25.6 Å². The summed E-state index contributed by atoms with van der Waals surface area (Å²) in [7, 11) is 1.08. The maximum atomic E-state index is 12.4. The Hall–Kier alpha value is -1.27. The number of likely N-dealkylation sites (tertiary alicyclic amines) is 1. The SMILES string of the molecule is COC(=O)[C@@H]1C[C@H](C(F)(F)F)CN1C(C)=O. The van der Waals surface area contributed by atoms with Crippen LogP contribution in [0.25, 0.3) is 0 Å². The molecular weight excluding hydrogens is 227 g/mol. The number of halogens is 3. The van der Waals surface area contributed by atoms with E-state index < -0.39 is 43.0 Å². The molecule has 1 amide bonds. The van der Waals surface area contributed by atoms with Gasteiger partial charge in [-0.25, -0.2) is 4.79 Å². The third kappa shape index (κ3) is 2.45. The Balaban J connectivity index is 2.84. The van der Waals surface area contributed by atoms with Crippen molar-refractivity contribution in [3.63, 3.8) is 0 Å². The van der Waals surface area contributed by atoms with Gasteiger partial charge in [0, 0.05) is 13.5 Å². The minimum Gasteiger partial charge on any atom is -0.467 e. The fourth-order valence-electron chi connectivity index (χ4n) is 1.78. The lowest BCUT2D eigenvalue weighted by molar-refractivity contribution is -0.171. The summed E-state index contributed by atoms with van der Waals surface area (Å²) < 4.78 is 41.7. The van der Waals surface area contributed by atoms with Gasteiger partial charge >= 0.3 is 12.1 Å². The molecule has 1 aliphatic rings. The van der Waals surface area contributed by atoms with Crippen LogP contribution < -0.4 is 0 Å². The van der Waals surface area contributed by atoms with Crippen LogP contribution in [0.5, 0.6) is 0 Å². The quantitative estimate of drug-likeness (QED) is 0.640. The molecule has 1 rings (SSSR count). The first kappa shape index (κ1) is 12.8. The van der Waals surface area contributed by atoms with Crippen LogP contribution in [-0.2, 0) is 14.3 Å². The molecule has 16 heavy (non-hydrogen) atoms. The molecule has 1 heterocycles. The van der Waals surface area contributed by atoms with E-state index in [-0.39, 0.29) is 0 Å². The van der Waals surface area contributed by atoms with E-state index >= 15 is 0 Å². The molecule has 1 fully saturated rings. The molecule has 0 radical (unpaired) electrons. The van der Waals surface area contributed by atoms with E-state index in [1.165, 1.54) is 0 Å². The number of rotatable bonds is 1. The normalized spacial score (nSPS) is 25.7. The Morgan fingerprint density at radius 1 is 1.38 bits per heavy atom. The number of hydrogen-bond acceptors (Lipinski definition) is 3. The van der Waals surface area contributed by atoms with Crippen LogP contribution >= 0.6 is 0 Å². The Kier molecular flexibility index (Phi) is 3.44. The summed E-state index contributed by atoms with van der Waals surface area (Å²) in [5.41, 5.74) is 0. The second kappa shape index (κ2) is 4.31. The Bertz CT molecular complexity index is 303. The summed E-state index contributed by atoms with van der Waals surface area (Å²) >= 11 is 0. The molecule has 92 valence electrons. The van der Waals surface area contributed by atoms with E-state index in [4.69, 9.17) is 0 Å². The Morgan fingerprint density at radius 3 is 2.31 bits per heavy atom. The van der Waals surface area contributed by atoms with Crippen molar-refractivity contribution in [1.29, 1.82) is 0 Å². The number of esters is 1. The number of amides is 1. The van der Waals surface area contributed by atoms with E-state index in [0.29, 0.717) is 0 Å². The largest absolute Gasteiger partial charge is 0.467 e. The molecular formula is C9H12F3NO3. The van der Waals surface area contributed by atoms with Crippen molar-refractivity contribution >= 4 is 11.9 Å². The summed E-state index contributed by atoms with van der Waals surface area (Å²) in [6.45, 7) is 0.660. The highest BCUT2D eigenvalue weighted by Crippen LogP contribution is 2.36. The van der Waals surface area contributed by atoms with Crippen molar-refractivity contribution in [2.24, 2.45) is 5.92 Å². The zero-order chi connectivity index (χ0) is 12.5. The van der Waals surface area contributed by atoms with Crippen LogP contribution in [-0.4, -0.2) is 42.6 Å². The van der Waals surface area contributed by atoms with Gasteiger partial charge in [-0.1, -0.05) is 0 Å². The number of hydrogen-bond donors (Lipinski definition) is 0. The molecule has 1 aliphatic heterocycles. The maximum Gasteiger partial charge on any atom is 0.393 e. The Morgan fingerprint density at radius 2 is 1.94 bits per heavy atom. The third-order valence-electron chi connectivity index (χ3n) is 2.64. The lowest BCUT2D eigenvalue weighted by Gasteiger charge is -2.20. The van der Waals surface area contributed by atoms with Crippen LogP contribution in [0.4, 0.5) is 13.2 Å². The van der Waals surface area contributed by atoms with Gasteiger partial charge in [0.2, 0.25) is 5.91 Å². The van der Waals surface area contributed by atoms with Crippen LogP contribution in [0.2, 0.25) is 0 Å². The van der Waals surface area contributed by atoms with Crippen LogP contribution in [0.1, 0.15) is 13.3 Å². The van der Waals surface area contributed by atoms with Crippen LogP contribution in [0, 0.1) is 5.92 Å². The first-order valence-electron chi connectivity index (χ1n) is 4.69. The molecule has 0 bridgehead atoms. The maximum absolute atomic E-state index is 12.4. The topological polar surface area (TPSA) is 46.6 Å². The van der Waals surface area contributed by atoms with E-state index in [9.17, 15) is 22.8 Å². The molecule has 0 N–H and O–H groups in total. The molecule has 1 saturated heterocycles. The summed E-state index contributed by atoms with van der Waals surface area (Å²) in [6.07, 6.45) is -4.81. The first-order chi connectivity index (χ1) is 7.27. The smallest absolute Gasteiger partial charge is 0.393 e. The minimum atomic E-state index is -4.39. The number of nitrogens with zero attached hydrogens (tertiary/aromatic N) is 1. The number of carbonyl (C=O) groups excluding carboxylic acids is 2. The molecule has 0 aliphatic carbocycles. The summed E-state index contributed by atoms with van der Waals surface area (Å²) in [5, 5.41) is 0. The number of ether oxygens (including phenoxy) is 1. The fourth-order valence-corrected chi connectivity index (χ4v) is 1.78. The van der Waals surface area contributed by atoms with Crippen molar-refractivity contribution in [2.75, 3.05) is 13.7 Å². The average Bonchev–Trinajstić information content (AvgIpc) is 2.60. The molecule has 0 saturated carbocycles. The van der Waals surface area contributed by atoms with Gasteiger partial charge in [-0.15, -0.1) is 0 Å². The summed E-state index contributed by atoms with van der Waals surface area (Å²) in [6, 6.07) is -1.12. The third-order valence-corrected chi connectivity index (χ3v) is 2.64. The molecule has 0 aromatic carbocycles. The zero-order valence-electron chi connectivity index (χ0n) is 8.87. The zero-order valence-corrected chi connectivity index (χ0v) is 8.87. The van der Waals surface area contributed by atoms with Crippen molar-refractivity contribution in [3.8, 4) is 0 Å². The van der Waals surface area contributed by atoms with Crippen LogP contribution in [0.15, 0.2) is 0 Å². The standard InChI is InChI=1S/C9H12F3NO3/c1-5(14)13-4-6(9(10,11)12)3-7(13)8(15)16-2/h6-7H,3-4H2,1-2H3/t6-,7-/m0/s1. The summed E-state index contributed by atoms with van der Waals surface area (Å²) in [5.74, 6) is -3.01. The second-order valence-corrected chi connectivity index (χ2v) is 3.68. The molecule has 0 aromatic rings. The van der Waals surface area contributed by atoms with Gasteiger partial charge in [-0.2, -0.15) is 13.2 Å². The first-order valence-corrected chi connectivity index (χ1v) is 4.69. The highest BCUT2D eigenvalue weighted by molar-refractivity contribution is 5.84. The molecule has 0 aromatic heterocycles. The van der Waals surface area contributed by atoms with Gasteiger partial charge in [0.15, 0.2) is 0 Å². The van der Waals surface area contributed by atoms with Crippen molar-refractivity contribution in [3.05, 3.63) is 0 Å². The van der Waals surface area contributed by atoms with Gasteiger partial charge < -0.3 is 9.64 Å². The fraction of sp³-hybridized carbons (Fsp3) is 0.778. The van der Waals surface area contributed by atoms with Gasteiger partial charge in [0.05, 0.1) is 13.0 Å². The molecule has 0 unspecified atom stereocenters. The molecule has 4 nitrogen and oxygen atoms in total. The second-order valence-electron chi connectivity index (χ2n) is 3.68. The van der Waals surface area contributed by atoms with Crippen LogP contribution in [0.3, 0.4) is 0 Å². The van der Waals surface area contributed by atoms with Gasteiger partial charge in [-0.3, -0.25) is 4.79 Å². The number of methoxy groups -OCH3 is 1. The predicted molar refractivity (Wildman–Crippen MR) is 47.4 cm³/mol. The molecule has 0 spiro atoms. The van der Waals surface area contributed by atoms with E-state index in [2.05, 4.69) is 4.74 Å². The van der Waals surface area contributed by atoms with Gasteiger partial charge in [0.25, 0.3) is 0 Å². The van der Waals surface area contributed by atoms with E-state index in [1.807, 2.05) is 0 Å². The average molecular weight is 239 g/mol. The van der Waals surface area contributed by atoms with E-state index in [1.54, 1.807) is 0 Å². The van der Waals surface area contributed by atoms with Gasteiger partial charge in [-0.05, 0) is 6.42 Å².